The van der Waals surface area contributed by atoms with Gasteiger partial charge in [-0.1, -0.05) is 29.8 Å². The monoisotopic (exact) mass is 371 g/mol. The van der Waals surface area contributed by atoms with Crippen LogP contribution in [0.25, 0.3) is 5.69 Å². The number of imidazole rings is 1. The number of carbonyl (C=O) groups is 2. The summed E-state index contributed by atoms with van der Waals surface area (Å²) < 4.78 is 6.51. The van der Waals surface area contributed by atoms with Gasteiger partial charge in [0.2, 0.25) is 0 Å². The van der Waals surface area contributed by atoms with Gasteiger partial charge >= 0.3 is 12.0 Å². The summed E-state index contributed by atoms with van der Waals surface area (Å²) in [6.07, 6.45) is 0. The molecule has 3 rings (SSSR count). The van der Waals surface area contributed by atoms with E-state index in [1.807, 2.05) is 0 Å². The minimum atomic E-state index is -1.25. The van der Waals surface area contributed by atoms with Gasteiger partial charge in [-0.3, -0.25) is 9.36 Å². The molecular formula is C18H14ClN3O4. The van der Waals surface area contributed by atoms with Crippen LogP contribution in [0.4, 0.5) is 5.82 Å². The zero-order valence-corrected chi connectivity index (χ0v) is 14.4. The molecule has 0 aliphatic carbocycles. The molecule has 0 fully saturated rings. The second-order valence-corrected chi connectivity index (χ2v) is 5.67. The first-order chi connectivity index (χ1) is 12.5. The van der Waals surface area contributed by atoms with Crippen molar-refractivity contribution in [2.24, 2.45) is 0 Å². The standard InChI is InChI=1S/C18H14ClN3O4/c1-26-18-21-15(20-16(23)11-7-9-12(19)10-8-11)14(17(24)25)22(18)13-5-3-2-4-6-13/h2-10H,1H3,(H,20,23)(H,24,25). The van der Waals surface area contributed by atoms with Crippen molar-refractivity contribution in [3.05, 3.63) is 70.9 Å². The van der Waals surface area contributed by atoms with Crippen LogP contribution in [0.1, 0.15) is 20.8 Å². The Labute approximate surface area is 153 Å². The number of amides is 1. The number of halogens is 1. The van der Waals surface area contributed by atoms with Gasteiger partial charge in [0.1, 0.15) is 0 Å². The molecule has 0 saturated heterocycles. The number of para-hydroxylation sites is 1. The van der Waals surface area contributed by atoms with E-state index >= 15 is 0 Å². The molecule has 0 unspecified atom stereocenters. The molecule has 1 amide bonds. The van der Waals surface area contributed by atoms with Gasteiger partial charge in [0.25, 0.3) is 5.91 Å². The molecule has 2 N–H and O–H groups in total. The molecule has 0 aliphatic heterocycles. The summed E-state index contributed by atoms with van der Waals surface area (Å²) in [5.74, 6) is -1.88. The van der Waals surface area contributed by atoms with E-state index in [0.717, 1.165) is 0 Å². The second-order valence-electron chi connectivity index (χ2n) is 5.23. The van der Waals surface area contributed by atoms with Crippen LogP contribution < -0.4 is 10.1 Å². The maximum absolute atomic E-state index is 12.4. The molecule has 1 heterocycles. The number of hydrogen-bond acceptors (Lipinski definition) is 4. The number of carboxylic acids is 1. The van der Waals surface area contributed by atoms with Crippen LogP contribution in [0.3, 0.4) is 0 Å². The Hall–Kier alpha value is -3.32. The zero-order chi connectivity index (χ0) is 18.7. The van der Waals surface area contributed by atoms with Crippen molar-refractivity contribution < 1.29 is 19.4 Å². The minimum absolute atomic E-state index is 0.0417. The number of hydrogen-bond donors (Lipinski definition) is 2. The molecule has 2 aromatic carbocycles. The third-order valence-corrected chi connectivity index (χ3v) is 3.84. The Morgan fingerprint density at radius 3 is 2.35 bits per heavy atom. The number of carbonyl (C=O) groups excluding carboxylic acids is 1. The number of nitrogens with one attached hydrogen (secondary N) is 1. The van der Waals surface area contributed by atoms with E-state index in [1.165, 1.54) is 23.8 Å². The van der Waals surface area contributed by atoms with E-state index in [-0.39, 0.29) is 17.5 Å². The Kier molecular flexibility index (Phi) is 4.90. The lowest BCUT2D eigenvalue weighted by molar-refractivity contribution is 0.0688. The number of aromatic nitrogens is 2. The lowest BCUT2D eigenvalue weighted by Crippen LogP contribution is -2.16. The summed E-state index contributed by atoms with van der Waals surface area (Å²) in [6.45, 7) is 0. The predicted octanol–water partition coefficient (Wildman–Crippen LogP) is 3.48. The average Bonchev–Trinajstić information content (AvgIpc) is 3.01. The van der Waals surface area contributed by atoms with Crippen LogP contribution in [-0.4, -0.2) is 33.6 Å². The molecule has 0 spiro atoms. The summed E-state index contributed by atoms with van der Waals surface area (Å²) in [5, 5.41) is 12.7. The molecule has 8 heteroatoms. The van der Waals surface area contributed by atoms with E-state index in [1.54, 1.807) is 42.5 Å². The first-order valence-corrected chi connectivity index (χ1v) is 7.91. The number of anilines is 1. The van der Waals surface area contributed by atoms with Gasteiger partial charge in [0.05, 0.1) is 12.8 Å². The molecule has 7 nitrogen and oxygen atoms in total. The molecule has 0 bridgehead atoms. The van der Waals surface area contributed by atoms with Crippen molar-refractivity contribution in [1.29, 1.82) is 0 Å². The summed E-state index contributed by atoms with van der Waals surface area (Å²) in [5.41, 5.74) is 0.649. The van der Waals surface area contributed by atoms with Gasteiger partial charge < -0.3 is 15.2 Å². The highest BCUT2D eigenvalue weighted by Gasteiger charge is 2.26. The Morgan fingerprint density at radius 2 is 1.77 bits per heavy atom. The van der Waals surface area contributed by atoms with E-state index in [0.29, 0.717) is 16.3 Å². The average molecular weight is 372 g/mol. The van der Waals surface area contributed by atoms with Gasteiger partial charge in [-0.2, -0.15) is 4.98 Å². The van der Waals surface area contributed by atoms with E-state index in [9.17, 15) is 14.7 Å². The lowest BCUT2D eigenvalue weighted by atomic mass is 10.2. The number of benzene rings is 2. The highest BCUT2D eigenvalue weighted by atomic mass is 35.5. The van der Waals surface area contributed by atoms with Gasteiger partial charge in [0, 0.05) is 10.6 Å². The third kappa shape index (κ3) is 3.38. The summed E-state index contributed by atoms with van der Waals surface area (Å²) >= 11 is 5.81. The topological polar surface area (TPSA) is 93.4 Å². The van der Waals surface area contributed by atoms with E-state index in [2.05, 4.69) is 10.3 Å². The quantitative estimate of drug-likeness (QED) is 0.716. The van der Waals surface area contributed by atoms with Crippen molar-refractivity contribution >= 4 is 29.3 Å². The largest absolute Gasteiger partial charge is 0.476 e. The Balaban J connectivity index is 2.05. The van der Waals surface area contributed by atoms with Crippen molar-refractivity contribution in [2.75, 3.05) is 12.4 Å². The van der Waals surface area contributed by atoms with Crippen LogP contribution in [0.15, 0.2) is 54.6 Å². The highest BCUT2D eigenvalue weighted by molar-refractivity contribution is 6.30. The van der Waals surface area contributed by atoms with E-state index < -0.39 is 11.9 Å². The molecule has 0 saturated carbocycles. The molecule has 0 radical (unpaired) electrons. The number of aromatic carboxylic acids is 1. The summed E-state index contributed by atoms with van der Waals surface area (Å²) in [7, 11) is 1.37. The molecule has 3 aromatic rings. The molecule has 0 aliphatic rings. The number of nitrogens with zero attached hydrogens (tertiary/aromatic N) is 2. The third-order valence-electron chi connectivity index (χ3n) is 3.58. The Morgan fingerprint density at radius 1 is 1.12 bits per heavy atom. The normalized spacial score (nSPS) is 10.4. The first kappa shape index (κ1) is 17.5. The minimum Gasteiger partial charge on any atom is -0.476 e. The van der Waals surface area contributed by atoms with Gasteiger partial charge in [-0.25, -0.2) is 4.79 Å². The van der Waals surface area contributed by atoms with Crippen molar-refractivity contribution in [3.8, 4) is 11.7 Å². The van der Waals surface area contributed by atoms with Crippen molar-refractivity contribution in [3.63, 3.8) is 0 Å². The van der Waals surface area contributed by atoms with E-state index in [4.69, 9.17) is 16.3 Å². The van der Waals surface area contributed by atoms with Crippen LogP contribution >= 0.6 is 11.6 Å². The van der Waals surface area contributed by atoms with Crippen LogP contribution in [0.5, 0.6) is 6.01 Å². The summed E-state index contributed by atoms with van der Waals surface area (Å²) in [6, 6.07) is 15.0. The number of rotatable bonds is 5. The molecule has 0 atom stereocenters. The molecule has 132 valence electrons. The van der Waals surface area contributed by atoms with Gasteiger partial charge in [-0.05, 0) is 36.4 Å². The number of methoxy groups -OCH3 is 1. The maximum Gasteiger partial charge on any atom is 0.356 e. The maximum atomic E-state index is 12.4. The van der Waals surface area contributed by atoms with Crippen LogP contribution in [-0.2, 0) is 0 Å². The highest BCUT2D eigenvalue weighted by Crippen LogP contribution is 2.27. The predicted molar refractivity (Wildman–Crippen MR) is 96.5 cm³/mol. The number of ether oxygens (including phenoxy) is 1. The smallest absolute Gasteiger partial charge is 0.356 e. The molecule has 26 heavy (non-hydrogen) atoms. The van der Waals surface area contributed by atoms with Crippen LogP contribution in [0, 0.1) is 0 Å². The zero-order valence-electron chi connectivity index (χ0n) is 13.6. The van der Waals surface area contributed by atoms with Crippen LogP contribution in [0.2, 0.25) is 5.02 Å². The van der Waals surface area contributed by atoms with Gasteiger partial charge in [0.15, 0.2) is 11.5 Å². The van der Waals surface area contributed by atoms with Crippen molar-refractivity contribution in [1.82, 2.24) is 9.55 Å². The SMILES string of the molecule is COc1nc(NC(=O)c2ccc(Cl)cc2)c(C(=O)O)n1-c1ccccc1. The second kappa shape index (κ2) is 7.28. The first-order valence-electron chi connectivity index (χ1n) is 7.53. The number of carboxylic acid groups (broad SMARTS) is 1. The van der Waals surface area contributed by atoms with Crippen molar-refractivity contribution in [2.45, 2.75) is 0 Å². The fourth-order valence-corrected chi connectivity index (χ4v) is 2.54. The molecular weight excluding hydrogens is 358 g/mol. The fraction of sp³-hybridized carbons (Fsp3) is 0.0556. The summed E-state index contributed by atoms with van der Waals surface area (Å²) in [4.78, 5) is 28.3. The molecule has 1 aromatic heterocycles. The Bertz CT molecular complexity index is 953. The fourth-order valence-electron chi connectivity index (χ4n) is 2.42. The van der Waals surface area contributed by atoms with Gasteiger partial charge in [-0.15, -0.1) is 0 Å². The lowest BCUT2D eigenvalue weighted by Gasteiger charge is -2.09.